The molecule has 0 aliphatic rings. The predicted octanol–water partition coefficient (Wildman–Crippen LogP) is 4.32. The molecule has 0 fully saturated rings. The van der Waals surface area contributed by atoms with Crippen molar-refractivity contribution in [2.24, 2.45) is 0 Å². The second kappa shape index (κ2) is 9.36. The number of fused-ring (bicyclic) bond motifs is 2. The molecule has 2 aromatic carbocycles. The summed E-state index contributed by atoms with van der Waals surface area (Å²) < 4.78 is 14.3. The standard InChI is InChI=1S/C26H25N5O3/c1-18-6-8-19(9-7-18)17-31-23-5-3-4-22(21(23)15-28-31)29-26(32)24-16-27-25-14-20(10-11-30(24)25)34-13-12-33-2/h3-11,14-16H,12-13,17H2,1-2H3,(H,29,32). The molecule has 0 aliphatic carbocycles. The number of pyridine rings is 1. The van der Waals surface area contributed by atoms with E-state index >= 15 is 0 Å². The van der Waals surface area contributed by atoms with Crippen LogP contribution in [0.3, 0.4) is 0 Å². The van der Waals surface area contributed by atoms with E-state index in [1.807, 2.05) is 22.9 Å². The molecule has 0 saturated carbocycles. The summed E-state index contributed by atoms with van der Waals surface area (Å²) in [5.41, 5.74) is 5.11. The molecular formula is C26H25N5O3. The van der Waals surface area contributed by atoms with Crippen LogP contribution in [-0.2, 0) is 11.3 Å². The molecule has 8 heteroatoms. The number of aryl methyl sites for hydroxylation is 1. The number of amides is 1. The Balaban J connectivity index is 1.37. The quantitative estimate of drug-likeness (QED) is 0.353. The molecule has 0 radical (unpaired) electrons. The molecule has 0 spiro atoms. The molecule has 0 saturated heterocycles. The second-order valence-corrected chi connectivity index (χ2v) is 8.06. The van der Waals surface area contributed by atoms with Crippen molar-refractivity contribution in [1.29, 1.82) is 0 Å². The molecule has 1 N–H and O–H groups in total. The fraction of sp³-hybridized carbons (Fsp3) is 0.192. The minimum atomic E-state index is -0.251. The molecule has 34 heavy (non-hydrogen) atoms. The molecule has 1 amide bonds. The van der Waals surface area contributed by atoms with Crippen LogP contribution in [0.4, 0.5) is 5.69 Å². The zero-order valence-corrected chi connectivity index (χ0v) is 19.1. The van der Waals surface area contributed by atoms with E-state index in [-0.39, 0.29) is 5.91 Å². The maximum Gasteiger partial charge on any atom is 0.274 e. The Morgan fingerprint density at radius 2 is 1.91 bits per heavy atom. The number of imidazole rings is 1. The van der Waals surface area contributed by atoms with Gasteiger partial charge in [-0.2, -0.15) is 5.10 Å². The van der Waals surface area contributed by atoms with Gasteiger partial charge in [0.15, 0.2) is 0 Å². The molecule has 8 nitrogen and oxygen atoms in total. The summed E-state index contributed by atoms with van der Waals surface area (Å²) in [6.07, 6.45) is 5.13. The minimum absolute atomic E-state index is 0.251. The number of rotatable bonds is 8. The van der Waals surface area contributed by atoms with Crippen LogP contribution in [0.5, 0.6) is 5.75 Å². The van der Waals surface area contributed by atoms with E-state index in [1.54, 1.807) is 42.2 Å². The van der Waals surface area contributed by atoms with Crippen molar-refractivity contribution in [2.45, 2.75) is 13.5 Å². The summed E-state index contributed by atoms with van der Waals surface area (Å²) in [5.74, 6) is 0.423. The number of carbonyl (C=O) groups is 1. The van der Waals surface area contributed by atoms with Gasteiger partial charge in [-0.15, -0.1) is 0 Å². The highest BCUT2D eigenvalue weighted by Crippen LogP contribution is 2.25. The number of anilines is 1. The summed E-state index contributed by atoms with van der Waals surface area (Å²) >= 11 is 0. The number of ether oxygens (including phenoxy) is 2. The van der Waals surface area contributed by atoms with Crippen LogP contribution in [0.2, 0.25) is 0 Å². The molecule has 0 atom stereocenters. The van der Waals surface area contributed by atoms with Gasteiger partial charge in [0.2, 0.25) is 0 Å². The Hall–Kier alpha value is -4.17. The van der Waals surface area contributed by atoms with E-state index in [9.17, 15) is 4.79 Å². The van der Waals surface area contributed by atoms with Gasteiger partial charge in [0.05, 0.1) is 36.7 Å². The highest BCUT2D eigenvalue weighted by Gasteiger charge is 2.15. The third-order valence-corrected chi connectivity index (χ3v) is 5.66. The Morgan fingerprint density at radius 3 is 2.74 bits per heavy atom. The summed E-state index contributed by atoms with van der Waals surface area (Å²) in [6.45, 7) is 3.67. The first kappa shape index (κ1) is 21.7. The Labute approximate surface area is 196 Å². The van der Waals surface area contributed by atoms with Crippen LogP contribution in [-0.4, -0.2) is 45.4 Å². The van der Waals surface area contributed by atoms with Crippen molar-refractivity contribution < 1.29 is 14.3 Å². The lowest BCUT2D eigenvalue weighted by atomic mass is 10.1. The second-order valence-electron chi connectivity index (χ2n) is 8.06. The smallest absolute Gasteiger partial charge is 0.274 e. The molecule has 172 valence electrons. The fourth-order valence-electron chi connectivity index (χ4n) is 3.85. The monoisotopic (exact) mass is 455 g/mol. The Morgan fingerprint density at radius 1 is 1.06 bits per heavy atom. The first-order valence-electron chi connectivity index (χ1n) is 11.0. The summed E-state index contributed by atoms with van der Waals surface area (Å²) in [5, 5.41) is 8.46. The van der Waals surface area contributed by atoms with Crippen LogP contribution >= 0.6 is 0 Å². The van der Waals surface area contributed by atoms with Crippen molar-refractivity contribution in [3.05, 3.63) is 90.0 Å². The lowest BCUT2D eigenvalue weighted by Crippen LogP contribution is -2.14. The zero-order chi connectivity index (χ0) is 23.5. The van der Waals surface area contributed by atoms with E-state index in [0.717, 1.165) is 10.9 Å². The third kappa shape index (κ3) is 4.35. The van der Waals surface area contributed by atoms with Gasteiger partial charge in [-0.1, -0.05) is 35.9 Å². The predicted molar refractivity (Wildman–Crippen MR) is 131 cm³/mol. The van der Waals surface area contributed by atoms with Crippen LogP contribution in [0, 0.1) is 6.92 Å². The molecular weight excluding hydrogens is 430 g/mol. The van der Waals surface area contributed by atoms with Gasteiger partial charge in [0.1, 0.15) is 23.7 Å². The first-order chi connectivity index (χ1) is 16.6. The number of aromatic nitrogens is 4. The topological polar surface area (TPSA) is 82.7 Å². The van der Waals surface area contributed by atoms with Gasteiger partial charge in [0.25, 0.3) is 5.91 Å². The summed E-state index contributed by atoms with van der Waals surface area (Å²) in [4.78, 5) is 17.5. The van der Waals surface area contributed by atoms with Crippen molar-refractivity contribution in [1.82, 2.24) is 19.2 Å². The lowest BCUT2D eigenvalue weighted by Gasteiger charge is -2.09. The van der Waals surface area contributed by atoms with Gasteiger partial charge < -0.3 is 14.8 Å². The normalized spacial score (nSPS) is 11.2. The molecule has 3 heterocycles. The van der Waals surface area contributed by atoms with E-state index in [4.69, 9.17) is 9.47 Å². The van der Waals surface area contributed by atoms with Crippen molar-refractivity contribution in [3.63, 3.8) is 0 Å². The van der Waals surface area contributed by atoms with Gasteiger partial charge in [-0.3, -0.25) is 13.9 Å². The number of nitrogens with zero attached hydrogens (tertiary/aromatic N) is 4. The molecule has 3 aromatic heterocycles. The average molecular weight is 456 g/mol. The number of hydrogen-bond acceptors (Lipinski definition) is 5. The van der Waals surface area contributed by atoms with E-state index in [0.29, 0.717) is 42.5 Å². The number of benzene rings is 2. The molecule has 5 rings (SSSR count). The maximum absolute atomic E-state index is 13.1. The van der Waals surface area contributed by atoms with Crippen LogP contribution in [0.1, 0.15) is 21.6 Å². The molecule has 0 bridgehead atoms. The van der Waals surface area contributed by atoms with Gasteiger partial charge in [-0.05, 0) is 30.7 Å². The highest BCUT2D eigenvalue weighted by molar-refractivity contribution is 6.08. The number of hydrogen-bond donors (Lipinski definition) is 1. The van der Waals surface area contributed by atoms with E-state index in [1.165, 1.54) is 11.1 Å². The Bertz CT molecular complexity index is 1450. The van der Waals surface area contributed by atoms with Crippen LogP contribution < -0.4 is 10.1 Å². The average Bonchev–Trinajstić information content (AvgIpc) is 3.45. The summed E-state index contributed by atoms with van der Waals surface area (Å²) in [6, 6.07) is 17.8. The van der Waals surface area contributed by atoms with Gasteiger partial charge in [0, 0.05) is 24.8 Å². The van der Waals surface area contributed by atoms with Crippen molar-refractivity contribution in [2.75, 3.05) is 25.6 Å². The van der Waals surface area contributed by atoms with Crippen molar-refractivity contribution in [3.8, 4) is 5.75 Å². The van der Waals surface area contributed by atoms with Crippen LogP contribution in [0.25, 0.3) is 16.6 Å². The number of carbonyl (C=O) groups excluding carboxylic acids is 1. The number of methoxy groups -OCH3 is 1. The van der Waals surface area contributed by atoms with Gasteiger partial charge >= 0.3 is 0 Å². The summed E-state index contributed by atoms with van der Waals surface area (Å²) in [7, 11) is 1.63. The molecule has 0 unspecified atom stereocenters. The van der Waals surface area contributed by atoms with Crippen molar-refractivity contribution >= 4 is 28.1 Å². The zero-order valence-electron chi connectivity index (χ0n) is 19.1. The lowest BCUT2D eigenvalue weighted by molar-refractivity contribution is 0.102. The third-order valence-electron chi connectivity index (χ3n) is 5.66. The largest absolute Gasteiger partial charge is 0.491 e. The maximum atomic E-state index is 13.1. The highest BCUT2D eigenvalue weighted by atomic mass is 16.5. The first-order valence-corrected chi connectivity index (χ1v) is 11.0. The molecule has 5 aromatic rings. The molecule has 0 aliphatic heterocycles. The van der Waals surface area contributed by atoms with E-state index < -0.39 is 0 Å². The SMILES string of the molecule is COCCOc1ccn2c(C(=O)Nc3cccc4c3cnn4Cc3ccc(C)cc3)cnc2c1. The van der Waals surface area contributed by atoms with Crippen LogP contribution in [0.15, 0.2) is 73.2 Å². The minimum Gasteiger partial charge on any atom is -0.491 e. The fourth-order valence-corrected chi connectivity index (χ4v) is 3.85. The van der Waals surface area contributed by atoms with E-state index in [2.05, 4.69) is 46.6 Å². The van der Waals surface area contributed by atoms with Gasteiger partial charge in [-0.25, -0.2) is 4.98 Å². The number of nitrogens with one attached hydrogen (secondary N) is 1. The Kier molecular flexibility index (Phi) is 5.97.